The van der Waals surface area contributed by atoms with Crippen LogP contribution in [0.15, 0.2) is 11.1 Å². The average molecular weight is 275 g/mol. The first-order valence-electron chi connectivity index (χ1n) is 6.36. The van der Waals surface area contributed by atoms with Crippen LogP contribution >= 0.6 is 11.8 Å². The number of amides is 1. The van der Waals surface area contributed by atoms with Gasteiger partial charge in [-0.25, -0.2) is 4.98 Å². The van der Waals surface area contributed by atoms with Gasteiger partial charge >= 0.3 is 0 Å². The Balaban J connectivity index is 2.13. The standard InChI is InChI=1S/C14H17N3OS/c1-8-6-9(2)16-14(12(8)7-15)19-10(3)13(18)17-11-4-5-11/h6,10-11H,4-5H2,1-3H3,(H,17,18)/t10-/m1/s1. The Bertz CT molecular complexity index is 546. The number of pyridine rings is 1. The molecule has 2 rings (SSSR count). The number of aryl methyl sites for hydroxylation is 2. The third kappa shape index (κ3) is 3.48. The van der Waals surface area contributed by atoms with E-state index in [1.807, 2.05) is 26.8 Å². The first-order valence-corrected chi connectivity index (χ1v) is 7.24. The lowest BCUT2D eigenvalue weighted by molar-refractivity contribution is -0.120. The van der Waals surface area contributed by atoms with Gasteiger partial charge in [-0.3, -0.25) is 4.79 Å². The molecule has 1 aromatic heterocycles. The van der Waals surface area contributed by atoms with Gasteiger partial charge in [0.15, 0.2) is 0 Å². The zero-order valence-corrected chi connectivity index (χ0v) is 12.2. The smallest absolute Gasteiger partial charge is 0.233 e. The summed E-state index contributed by atoms with van der Waals surface area (Å²) < 4.78 is 0. The minimum absolute atomic E-state index is 0.0253. The summed E-state index contributed by atoms with van der Waals surface area (Å²) in [5, 5.41) is 12.6. The lowest BCUT2D eigenvalue weighted by atomic mass is 10.1. The van der Waals surface area contributed by atoms with Crippen LogP contribution in [-0.2, 0) is 4.79 Å². The minimum Gasteiger partial charge on any atom is -0.352 e. The largest absolute Gasteiger partial charge is 0.352 e. The third-order valence-electron chi connectivity index (χ3n) is 3.00. The van der Waals surface area contributed by atoms with Crippen molar-refractivity contribution in [1.82, 2.24) is 10.3 Å². The van der Waals surface area contributed by atoms with Crippen LogP contribution in [0.25, 0.3) is 0 Å². The number of carbonyl (C=O) groups is 1. The maximum absolute atomic E-state index is 11.9. The highest BCUT2D eigenvalue weighted by atomic mass is 32.2. The summed E-state index contributed by atoms with van der Waals surface area (Å²) in [7, 11) is 0. The Labute approximate surface area is 117 Å². The molecule has 1 aliphatic rings. The summed E-state index contributed by atoms with van der Waals surface area (Å²) in [5.74, 6) is 0.0253. The van der Waals surface area contributed by atoms with Crippen LogP contribution in [0, 0.1) is 25.2 Å². The molecule has 1 saturated carbocycles. The van der Waals surface area contributed by atoms with Gasteiger partial charge in [-0.05, 0) is 45.2 Å². The summed E-state index contributed by atoms with van der Waals surface area (Å²) in [4.78, 5) is 16.3. The molecule has 4 nitrogen and oxygen atoms in total. The molecule has 0 spiro atoms. The quantitative estimate of drug-likeness (QED) is 0.856. The van der Waals surface area contributed by atoms with Gasteiger partial charge in [0.1, 0.15) is 11.1 Å². The monoisotopic (exact) mass is 275 g/mol. The van der Waals surface area contributed by atoms with Crippen LogP contribution in [0.1, 0.15) is 36.6 Å². The van der Waals surface area contributed by atoms with Gasteiger partial charge in [0.25, 0.3) is 0 Å². The van der Waals surface area contributed by atoms with Gasteiger partial charge in [-0.1, -0.05) is 11.8 Å². The van der Waals surface area contributed by atoms with E-state index in [0.29, 0.717) is 16.6 Å². The molecule has 1 fully saturated rings. The molecule has 1 aliphatic carbocycles. The molecule has 0 bridgehead atoms. The Hall–Kier alpha value is -1.54. The van der Waals surface area contributed by atoms with E-state index in [2.05, 4.69) is 16.4 Å². The molecule has 0 radical (unpaired) electrons. The Morgan fingerprint density at radius 2 is 2.26 bits per heavy atom. The van der Waals surface area contributed by atoms with E-state index in [4.69, 9.17) is 0 Å². The molecule has 1 heterocycles. The van der Waals surface area contributed by atoms with Crippen molar-refractivity contribution in [2.45, 2.75) is 49.9 Å². The molecule has 19 heavy (non-hydrogen) atoms. The Morgan fingerprint density at radius 1 is 1.58 bits per heavy atom. The van der Waals surface area contributed by atoms with Crippen LogP contribution in [0.4, 0.5) is 0 Å². The molecule has 100 valence electrons. The third-order valence-corrected chi connectivity index (χ3v) is 4.09. The van der Waals surface area contributed by atoms with Crippen molar-refractivity contribution in [3.63, 3.8) is 0 Å². The van der Waals surface area contributed by atoms with Crippen molar-refractivity contribution in [2.75, 3.05) is 0 Å². The summed E-state index contributed by atoms with van der Waals surface area (Å²) >= 11 is 1.36. The highest BCUT2D eigenvalue weighted by Gasteiger charge is 2.26. The number of thioether (sulfide) groups is 1. The molecule has 0 unspecified atom stereocenters. The Kier molecular flexibility index (Phi) is 4.11. The number of nitrogens with one attached hydrogen (secondary N) is 1. The highest BCUT2D eigenvalue weighted by molar-refractivity contribution is 8.00. The normalized spacial score (nSPS) is 15.7. The van der Waals surface area contributed by atoms with Gasteiger partial charge < -0.3 is 5.32 Å². The summed E-state index contributed by atoms with van der Waals surface area (Å²) in [5.41, 5.74) is 2.35. The predicted octanol–water partition coefficient (Wildman–Crippen LogP) is 2.33. The number of nitriles is 1. The van der Waals surface area contributed by atoms with Gasteiger partial charge in [-0.15, -0.1) is 0 Å². The molecule has 0 saturated heterocycles. The number of hydrogen-bond acceptors (Lipinski definition) is 4. The zero-order valence-electron chi connectivity index (χ0n) is 11.4. The zero-order chi connectivity index (χ0) is 14.0. The first-order chi connectivity index (χ1) is 9.01. The molecule has 5 heteroatoms. The number of aromatic nitrogens is 1. The highest BCUT2D eigenvalue weighted by Crippen LogP contribution is 2.28. The lowest BCUT2D eigenvalue weighted by Gasteiger charge is -2.13. The Morgan fingerprint density at radius 3 is 2.84 bits per heavy atom. The van der Waals surface area contributed by atoms with Gasteiger partial charge in [0.05, 0.1) is 10.8 Å². The van der Waals surface area contributed by atoms with Crippen LogP contribution in [0.3, 0.4) is 0 Å². The second-order valence-electron chi connectivity index (χ2n) is 4.92. The lowest BCUT2D eigenvalue weighted by Crippen LogP contribution is -2.32. The second kappa shape index (κ2) is 5.62. The van der Waals surface area contributed by atoms with E-state index in [9.17, 15) is 10.1 Å². The molecule has 1 N–H and O–H groups in total. The molecule has 1 aromatic rings. The topological polar surface area (TPSA) is 65.8 Å². The number of hydrogen-bond donors (Lipinski definition) is 1. The number of rotatable bonds is 4. The van der Waals surface area contributed by atoms with E-state index in [-0.39, 0.29) is 11.2 Å². The van der Waals surface area contributed by atoms with Crippen molar-refractivity contribution in [3.05, 3.63) is 22.9 Å². The fourth-order valence-corrected chi connectivity index (χ4v) is 2.82. The molecule has 0 aromatic carbocycles. The van der Waals surface area contributed by atoms with Crippen molar-refractivity contribution in [2.24, 2.45) is 0 Å². The summed E-state index contributed by atoms with van der Waals surface area (Å²) in [6.07, 6.45) is 2.16. The molecular formula is C14H17N3OS. The van der Waals surface area contributed by atoms with Crippen LogP contribution in [-0.4, -0.2) is 22.2 Å². The molecule has 1 amide bonds. The average Bonchev–Trinajstić information content (AvgIpc) is 3.12. The van der Waals surface area contributed by atoms with Gasteiger partial charge in [-0.2, -0.15) is 5.26 Å². The van der Waals surface area contributed by atoms with E-state index < -0.39 is 0 Å². The van der Waals surface area contributed by atoms with Crippen LogP contribution in [0.5, 0.6) is 0 Å². The fourth-order valence-electron chi connectivity index (χ4n) is 1.79. The van der Waals surface area contributed by atoms with E-state index in [1.54, 1.807) is 0 Å². The first kappa shape index (κ1) is 13.9. The van der Waals surface area contributed by atoms with E-state index >= 15 is 0 Å². The van der Waals surface area contributed by atoms with Gasteiger partial charge in [0.2, 0.25) is 5.91 Å². The molecular weight excluding hydrogens is 258 g/mol. The van der Waals surface area contributed by atoms with Crippen molar-refractivity contribution in [3.8, 4) is 6.07 Å². The minimum atomic E-state index is -0.235. The van der Waals surface area contributed by atoms with Crippen molar-refractivity contribution in [1.29, 1.82) is 5.26 Å². The number of carbonyl (C=O) groups excluding carboxylic acids is 1. The summed E-state index contributed by atoms with van der Waals surface area (Å²) in [6.45, 7) is 5.64. The maximum Gasteiger partial charge on any atom is 0.233 e. The fraction of sp³-hybridized carbons (Fsp3) is 0.500. The second-order valence-corrected chi connectivity index (χ2v) is 6.24. The maximum atomic E-state index is 11.9. The van der Waals surface area contributed by atoms with E-state index in [0.717, 1.165) is 24.1 Å². The van der Waals surface area contributed by atoms with Gasteiger partial charge in [0, 0.05) is 11.7 Å². The number of nitrogens with zero attached hydrogens (tertiary/aromatic N) is 2. The van der Waals surface area contributed by atoms with Crippen LogP contribution in [0.2, 0.25) is 0 Å². The van der Waals surface area contributed by atoms with Crippen LogP contribution < -0.4 is 5.32 Å². The molecule has 1 atom stereocenters. The molecule has 0 aliphatic heterocycles. The predicted molar refractivity (Wildman–Crippen MR) is 74.9 cm³/mol. The van der Waals surface area contributed by atoms with Crippen molar-refractivity contribution < 1.29 is 4.79 Å². The SMILES string of the molecule is Cc1cc(C)c(C#N)c(S[C@H](C)C(=O)NC2CC2)n1. The summed E-state index contributed by atoms with van der Waals surface area (Å²) in [6, 6.07) is 4.42. The van der Waals surface area contributed by atoms with Crippen molar-refractivity contribution >= 4 is 17.7 Å². The van der Waals surface area contributed by atoms with E-state index in [1.165, 1.54) is 11.8 Å².